The summed E-state index contributed by atoms with van der Waals surface area (Å²) >= 11 is 0. The minimum atomic E-state index is 0.391. The summed E-state index contributed by atoms with van der Waals surface area (Å²) in [6.45, 7) is 1.55. The van der Waals surface area contributed by atoms with E-state index >= 15 is 0 Å². The van der Waals surface area contributed by atoms with Crippen LogP contribution < -0.4 is 5.32 Å². The first-order valence-electron chi connectivity index (χ1n) is 5.76. The summed E-state index contributed by atoms with van der Waals surface area (Å²) in [6.07, 6.45) is 8.03. The van der Waals surface area contributed by atoms with Crippen LogP contribution in [0.3, 0.4) is 0 Å². The van der Waals surface area contributed by atoms with E-state index in [4.69, 9.17) is 0 Å². The average Bonchev–Trinajstić information content (AvgIpc) is 2.12. The molecule has 2 N–H and O–H groups in total. The third kappa shape index (κ3) is 2.05. The number of nitrogens with one attached hydrogen (secondary N) is 1. The number of piperidine rings is 1. The van der Waals surface area contributed by atoms with Crippen molar-refractivity contribution in [1.29, 1.82) is 0 Å². The van der Waals surface area contributed by atoms with Crippen LogP contribution in [0.4, 0.5) is 0 Å². The van der Waals surface area contributed by atoms with Crippen molar-refractivity contribution in [2.24, 2.45) is 11.8 Å². The summed E-state index contributed by atoms with van der Waals surface area (Å²) in [5.74, 6) is 1.37. The zero-order valence-corrected chi connectivity index (χ0v) is 8.34. The lowest BCUT2D eigenvalue weighted by Crippen LogP contribution is -2.45. The Morgan fingerprint density at radius 3 is 2.46 bits per heavy atom. The Bertz CT molecular complexity index is 150. The molecule has 0 aromatic rings. The fourth-order valence-corrected chi connectivity index (χ4v) is 2.72. The molecule has 2 unspecified atom stereocenters. The monoisotopic (exact) mass is 183 g/mol. The lowest BCUT2D eigenvalue weighted by Gasteiger charge is -2.39. The van der Waals surface area contributed by atoms with Crippen molar-refractivity contribution in [3.63, 3.8) is 0 Å². The van der Waals surface area contributed by atoms with Crippen LogP contribution in [0.15, 0.2) is 0 Å². The number of aliphatic hydroxyl groups is 1. The second kappa shape index (κ2) is 4.43. The van der Waals surface area contributed by atoms with Gasteiger partial charge in [0.2, 0.25) is 0 Å². The van der Waals surface area contributed by atoms with Gasteiger partial charge in [0.15, 0.2) is 0 Å². The van der Waals surface area contributed by atoms with E-state index in [1.807, 2.05) is 0 Å². The first-order valence-corrected chi connectivity index (χ1v) is 5.76. The van der Waals surface area contributed by atoms with E-state index in [0.717, 1.165) is 12.5 Å². The summed E-state index contributed by atoms with van der Waals surface area (Å²) in [4.78, 5) is 0. The molecule has 0 aromatic heterocycles. The summed E-state index contributed by atoms with van der Waals surface area (Å²) in [5, 5.41) is 12.9. The molecule has 0 spiro atoms. The van der Waals surface area contributed by atoms with Gasteiger partial charge in [-0.1, -0.05) is 25.7 Å². The molecule has 2 aliphatic rings. The van der Waals surface area contributed by atoms with Gasteiger partial charge in [0.1, 0.15) is 0 Å². The molecule has 13 heavy (non-hydrogen) atoms. The van der Waals surface area contributed by atoms with Gasteiger partial charge >= 0.3 is 0 Å². The normalized spacial score (nSPS) is 32.5. The quantitative estimate of drug-likeness (QED) is 0.695. The van der Waals surface area contributed by atoms with Crippen LogP contribution >= 0.6 is 0 Å². The molecule has 0 bridgehead atoms. The van der Waals surface area contributed by atoms with Gasteiger partial charge in [-0.25, -0.2) is 0 Å². The SMILES string of the molecule is OCC(C1CCC1)C1CCCCN1. The van der Waals surface area contributed by atoms with Crippen LogP contribution in [0.5, 0.6) is 0 Å². The molecular formula is C11H21NO. The van der Waals surface area contributed by atoms with Crippen LogP contribution in [0.2, 0.25) is 0 Å². The third-order valence-corrected chi connectivity index (χ3v) is 3.83. The predicted octanol–water partition coefficient (Wildman–Crippen LogP) is 1.54. The maximum atomic E-state index is 9.37. The highest BCUT2D eigenvalue weighted by Crippen LogP contribution is 2.36. The fourth-order valence-electron chi connectivity index (χ4n) is 2.72. The fraction of sp³-hybridized carbons (Fsp3) is 1.00. The van der Waals surface area contributed by atoms with Gasteiger partial charge in [-0.3, -0.25) is 0 Å². The van der Waals surface area contributed by atoms with Gasteiger partial charge in [-0.15, -0.1) is 0 Å². The molecule has 0 radical (unpaired) electrons. The van der Waals surface area contributed by atoms with E-state index in [-0.39, 0.29) is 0 Å². The molecule has 1 aliphatic carbocycles. The summed E-state index contributed by atoms with van der Waals surface area (Å²) in [6, 6.07) is 0.615. The van der Waals surface area contributed by atoms with E-state index in [0.29, 0.717) is 18.6 Å². The molecule has 0 aromatic carbocycles. The molecule has 2 fully saturated rings. The number of rotatable bonds is 3. The molecule has 1 aliphatic heterocycles. The number of aliphatic hydroxyl groups excluding tert-OH is 1. The van der Waals surface area contributed by atoms with Gasteiger partial charge in [0.25, 0.3) is 0 Å². The van der Waals surface area contributed by atoms with E-state index < -0.39 is 0 Å². The van der Waals surface area contributed by atoms with Crippen LogP contribution in [0.1, 0.15) is 38.5 Å². The van der Waals surface area contributed by atoms with Gasteiger partial charge in [-0.05, 0) is 25.3 Å². The third-order valence-electron chi connectivity index (χ3n) is 3.83. The molecular weight excluding hydrogens is 162 g/mol. The Kier molecular flexibility index (Phi) is 3.23. The average molecular weight is 183 g/mol. The van der Waals surface area contributed by atoms with Crippen molar-refractivity contribution in [2.45, 2.75) is 44.6 Å². The van der Waals surface area contributed by atoms with Crippen molar-refractivity contribution >= 4 is 0 Å². The Balaban J connectivity index is 1.86. The zero-order chi connectivity index (χ0) is 9.10. The van der Waals surface area contributed by atoms with Crippen LogP contribution in [-0.4, -0.2) is 24.3 Å². The van der Waals surface area contributed by atoms with Crippen LogP contribution in [0.25, 0.3) is 0 Å². The lowest BCUT2D eigenvalue weighted by molar-refractivity contribution is 0.0817. The molecule has 0 amide bonds. The Hall–Kier alpha value is -0.0800. The van der Waals surface area contributed by atoms with Crippen molar-refractivity contribution in [3.05, 3.63) is 0 Å². The highest BCUT2D eigenvalue weighted by atomic mass is 16.3. The standard InChI is InChI=1S/C11H21NO/c13-8-10(9-4-3-5-9)11-6-1-2-7-12-11/h9-13H,1-8H2. The van der Waals surface area contributed by atoms with E-state index in [1.54, 1.807) is 0 Å². The summed E-state index contributed by atoms with van der Waals surface area (Å²) in [7, 11) is 0. The molecule has 2 rings (SSSR count). The highest BCUT2D eigenvalue weighted by Gasteiger charge is 2.33. The molecule has 1 saturated carbocycles. The Labute approximate surface area is 80.7 Å². The van der Waals surface area contributed by atoms with E-state index in [1.165, 1.54) is 38.5 Å². The molecule has 1 saturated heterocycles. The van der Waals surface area contributed by atoms with Crippen molar-refractivity contribution in [2.75, 3.05) is 13.2 Å². The van der Waals surface area contributed by atoms with Crippen molar-refractivity contribution in [3.8, 4) is 0 Å². The van der Waals surface area contributed by atoms with Gasteiger partial charge in [0.05, 0.1) is 0 Å². The van der Waals surface area contributed by atoms with Gasteiger partial charge in [-0.2, -0.15) is 0 Å². The molecule has 76 valence electrons. The second-order valence-corrected chi connectivity index (χ2v) is 4.59. The molecule has 1 heterocycles. The number of hydrogen-bond donors (Lipinski definition) is 2. The minimum absolute atomic E-state index is 0.391. The Morgan fingerprint density at radius 2 is 2.00 bits per heavy atom. The Morgan fingerprint density at radius 1 is 1.15 bits per heavy atom. The van der Waals surface area contributed by atoms with Gasteiger partial charge in [0, 0.05) is 18.6 Å². The van der Waals surface area contributed by atoms with Crippen LogP contribution in [0, 0.1) is 11.8 Å². The predicted molar refractivity (Wildman–Crippen MR) is 53.6 cm³/mol. The zero-order valence-electron chi connectivity index (χ0n) is 8.34. The first-order chi connectivity index (χ1) is 6.42. The highest BCUT2D eigenvalue weighted by molar-refractivity contribution is 4.87. The second-order valence-electron chi connectivity index (χ2n) is 4.59. The molecule has 2 heteroatoms. The maximum absolute atomic E-state index is 9.37. The minimum Gasteiger partial charge on any atom is -0.396 e. The maximum Gasteiger partial charge on any atom is 0.0476 e. The largest absolute Gasteiger partial charge is 0.396 e. The molecule has 2 nitrogen and oxygen atoms in total. The van der Waals surface area contributed by atoms with E-state index in [9.17, 15) is 5.11 Å². The topological polar surface area (TPSA) is 32.3 Å². The molecule has 2 atom stereocenters. The number of hydrogen-bond acceptors (Lipinski definition) is 2. The first kappa shape index (κ1) is 9.47. The summed E-state index contributed by atoms with van der Waals surface area (Å²) < 4.78 is 0. The summed E-state index contributed by atoms with van der Waals surface area (Å²) in [5.41, 5.74) is 0. The lowest BCUT2D eigenvalue weighted by atomic mass is 9.72. The van der Waals surface area contributed by atoms with E-state index in [2.05, 4.69) is 5.32 Å². The van der Waals surface area contributed by atoms with Gasteiger partial charge < -0.3 is 10.4 Å². The van der Waals surface area contributed by atoms with Crippen molar-refractivity contribution in [1.82, 2.24) is 5.32 Å². The smallest absolute Gasteiger partial charge is 0.0476 e. The van der Waals surface area contributed by atoms with Crippen molar-refractivity contribution < 1.29 is 5.11 Å². The van der Waals surface area contributed by atoms with Crippen LogP contribution in [-0.2, 0) is 0 Å².